The number of nitrogens with zero attached hydrogens (tertiary/aromatic N) is 1. The molecule has 0 aliphatic heterocycles. The van der Waals surface area contributed by atoms with E-state index in [0.29, 0.717) is 22.9 Å². The number of aromatic carboxylic acids is 1. The first-order valence-electron chi connectivity index (χ1n) is 7.01. The summed E-state index contributed by atoms with van der Waals surface area (Å²) in [4.78, 5) is 21.0. The summed E-state index contributed by atoms with van der Waals surface area (Å²) in [6, 6.07) is 8.78. The van der Waals surface area contributed by atoms with Crippen LogP contribution < -0.4 is 0 Å². The van der Waals surface area contributed by atoms with Gasteiger partial charge in [-0.1, -0.05) is 30.3 Å². The third-order valence-electron chi connectivity index (χ3n) is 3.40. The van der Waals surface area contributed by atoms with Gasteiger partial charge in [-0.2, -0.15) is 13.2 Å². The summed E-state index contributed by atoms with van der Waals surface area (Å²) in [6.07, 6.45) is -2.68. The Bertz CT molecular complexity index is 844. The quantitative estimate of drug-likeness (QED) is 0.645. The summed E-state index contributed by atoms with van der Waals surface area (Å²) in [5.41, 5.74) is -0.00630. The predicted octanol–water partition coefficient (Wildman–Crippen LogP) is 4.24. The maximum absolute atomic E-state index is 12.8. The predicted molar refractivity (Wildman–Crippen MR) is 83.7 cm³/mol. The second-order valence-corrected chi connectivity index (χ2v) is 5.20. The number of hydrogen-bond donors (Lipinski definition) is 1. The summed E-state index contributed by atoms with van der Waals surface area (Å²) >= 11 is 0. The van der Waals surface area contributed by atoms with E-state index < -0.39 is 22.6 Å². The molecule has 0 radical (unpaired) electrons. The van der Waals surface area contributed by atoms with E-state index in [1.54, 1.807) is 0 Å². The van der Waals surface area contributed by atoms with E-state index in [0.717, 1.165) is 18.2 Å². The Morgan fingerprint density at radius 3 is 2.52 bits per heavy atom. The zero-order chi connectivity index (χ0) is 18.6. The minimum atomic E-state index is -4.48. The zero-order valence-corrected chi connectivity index (χ0v) is 12.7. The average Bonchev–Trinajstić information content (AvgIpc) is 2.53. The number of rotatable bonds is 5. The van der Waals surface area contributed by atoms with E-state index in [2.05, 4.69) is 0 Å². The Morgan fingerprint density at radius 2 is 1.92 bits per heavy atom. The van der Waals surface area contributed by atoms with Crippen LogP contribution >= 0.6 is 0 Å². The normalized spacial score (nSPS) is 11.6. The van der Waals surface area contributed by atoms with Gasteiger partial charge in [0.15, 0.2) is 0 Å². The molecule has 25 heavy (non-hydrogen) atoms. The van der Waals surface area contributed by atoms with Gasteiger partial charge in [-0.25, -0.2) is 4.79 Å². The molecule has 1 N–H and O–H groups in total. The molecule has 2 aromatic rings. The zero-order valence-electron chi connectivity index (χ0n) is 12.7. The standard InChI is InChI=1S/C17H12F3NO4/c18-17(19,20)14-3-1-2-12(9-14)8-13-5-4-11(6-7-21(24)25)10-15(13)16(22)23/h1-7,9-10H,8H2,(H,22,23)/b7-6+. The third kappa shape index (κ3) is 4.90. The molecule has 0 aliphatic carbocycles. The summed E-state index contributed by atoms with van der Waals surface area (Å²) in [6.45, 7) is 0. The maximum Gasteiger partial charge on any atom is 0.416 e. The monoisotopic (exact) mass is 351 g/mol. The molecule has 5 nitrogen and oxygen atoms in total. The number of hydrogen-bond acceptors (Lipinski definition) is 3. The van der Waals surface area contributed by atoms with Crippen molar-refractivity contribution in [3.05, 3.63) is 86.6 Å². The van der Waals surface area contributed by atoms with E-state index >= 15 is 0 Å². The molecule has 0 unspecified atom stereocenters. The number of carboxylic acids is 1. The van der Waals surface area contributed by atoms with Crippen LogP contribution in [0.3, 0.4) is 0 Å². The lowest BCUT2D eigenvalue weighted by molar-refractivity contribution is -0.400. The van der Waals surface area contributed by atoms with Crippen LogP contribution in [-0.2, 0) is 12.6 Å². The highest BCUT2D eigenvalue weighted by molar-refractivity contribution is 5.90. The van der Waals surface area contributed by atoms with Crippen molar-refractivity contribution in [3.8, 4) is 0 Å². The highest BCUT2D eigenvalue weighted by Crippen LogP contribution is 2.30. The molecule has 0 spiro atoms. The van der Waals surface area contributed by atoms with E-state index in [-0.39, 0.29) is 12.0 Å². The van der Waals surface area contributed by atoms with Crippen LogP contribution in [0.15, 0.2) is 48.7 Å². The summed E-state index contributed by atoms with van der Waals surface area (Å²) in [5.74, 6) is -1.27. The Morgan fingerprint density at radius 1 is 1.20 bits per heavy atom. The maximum atomic E-state index is 12.8. The van der Waals surface area contributed by atoms with Crippen molar-refractivity contribution in [3.63, 3.8) is 0 Å². The minimum absolute atomic E-state index is 0.00914. The molecule has 8 heteroatoms. The number of nitro groups is 1. The van der Waals surface area contributed by atoms with Gasteiger partial charge < -0.3 is 5.11 Å². The van der Waals surface area contributed by atoms with Gasteiger partial charge in [0.05, 0.1) is 16.1 Å². The molecule has 0 aromatic heterocycles. The molecule has 0 amide bonds. The molecule has 0 saturated carbocycles. The van der Waals surface area contributed by atoms with Gasteiger partial charge in [0.2, 0.25) is 6.20 Å². The SMILES string of the molecule is O=C(O)c1cc(/C=C/[N+](=O)[O-])ccc1Cc1cccc(C(F)(F)F)c1. The second kappa shape index (κ2) is 7.16. The summed E-state index contributed by atoms with van der Waals surface area (Å²) in [7, 11) is 0. The Balaban J connectivity index is 2.36. The molecular weight excluding hydrogens is 339 g/mol. The van der Waals surface area contributed by atoms with Crippen LogP contribution in [0.5, 0.6) is 0 Å². The van der Waals surface area contributed by atoms with E-state index in [1.165, 1.54) is 30.3 Å². The molecule has 2 rings (SSSR count). The number of halogens is 3. The van der Waals surface area contributed by atoms with Gasteiger partial charge >= 0.3 is 12.1 Å². The molecule has 0 heterocycles. The molecule has 0 aliphatic rings. The van der Waals surface area contributed by atoms with Crippen LogP contribution in [0.25, 0.3) is 6.08 Å². The first-order chi connectivity index (χ1) is 11.7. The van der Waals surface area contributed by atoms with Crippen LogP contribution in [0.1, 0.15) is 32.6 Å². The average molecular weight is 351 g/mol. The third-order valence-corrected chi connectivity index (χ3v) is 3.40. The van der Waals surface area contributed by atoms with Gasteiger partial charge in [0.25, 0.3) is 0 Å². The van der Waals surface area contributed by atoms with Crippen LogP contribution in [0, 0.1) is 10.1 Å². The van der Waals surface area contributed by atoms with Gasteiger partial charge in [-0.3, -0.25) is 10.1 Å². The number of alkyl halides is 3. The van der Waals surface area contributed by atoms with Gasteiger partial charge in [-0.05, 0) is 35.2 Å². The minimum Gasteiger partial charge on any atom is -0.478 e. The van der Waals surface area contributed by atoms with Crippen LogP contribution in [-0.4, -0.2) is 16.0 Å². The molecular formula is C17H12F3NO4. The Hall–Kier alpha value is -3.16. The van der Waals surface area contributed by atoms with E-state index in [9.17, 15) is 33.2 Å². The first kappa shape index (κ1) is 18.2. The van der Waals surface area contributed by atoms with Crippen molar-refractivity contribution < 1.29 is 28.0 Å². The molecule has 2 aromatic carbocycles. The molecule has 0 atom stereocenters. The number of benzene rings is 2. The van der Waals surface area contributed by atoms with Gasteiger partial charge in [0, 0.05) is 6.08 Å². The van der Waals surface area contributed by atoms with Gasteiger partial charge in [-0.15, -0.1) is 0 Å². The lowest BCUT2D eigenvalue weighted by Crippen LogP contribution is -2.07. The fraction of sp³-hybridized carbons (Fsp3) is 0.118. The summed E-state index contributed by atoms with van der Waals surface area (Å²) in [5, 5.41) is 19.6. The second-order valence-electron chi connectivity index (χ2n) is 5.20. The molecule has 0 fully saturated rings. The van der Waals surface area contributed by atoms with Crippen molar-refractivity contribution in [2.75, 3.05) is 0 Å². The topological polar surface area (TPSA) is 80.4 Å². The van der Waals surface area contributed by atoms with Crippen LogP contribution in [0.4, 0.5) is 13.2 Å². The Kier molecular flexibility index (Phi) is 5.21. The lowest BCUT2D eigenvalue weighted by atomic mass is 9.96. The van der Waals surface area contributed by atoms with Gasteiger partial charge in [0.1, 0.15) is 0 Å². The van der Waals surface area contributed by atoms with Crippen molar-refractivity contribution in [2.45, 2.75) is 12.6 Å². The van der Waals surface area contributed by atoms with Crippen LogP contribution in [0.2, 0.25) is 0 Å². The highest BCUT2D eigenvalue weighted by Gasteiger charge is 2.30. The fourth-order valence-corrected chi connectivity index (χ4v) is 2.28. The fourth-order valence-electron chi connectivity index (χ4n) is 2.28. The largest absolute Gasteiger partial charge is 0.478 e. The molecule has 0 bridgehead atoms. The first-order valence-corrected chi connectivity index (χ1v) is 7.01. The summed E-state index contributed by atoms with van der Waals surface area (Å²) < 4.78 is 38.3. The van der Waals surface area contributed by atoms with E-state index in [4.69, 9.17) is 0 Å². The van der Waals surface area contributed by atoms with Crippen molar-refractivity contribution in [1.82, 2.24) is 0 Å². The van der Waals surface area contributed by atoms with Crippen molar-refractivity contribution in [2.24, 2.45) is 0 Å². The van der Waals surface area contributed by atoms with Crippen molar-refractivity contribution in [1.29, 1.82) is 0 Å². The number of carboxylic acid groups (broad SMARTS) is 1. The Labute approximate surface area is 140 Å². The lowest BCUT2D eigenvalue weighted by Gasteiger charge is -2.10. The highest BCUT2D eigenvalue weighted by atomic mass is 19.4. The number of carbonyl (C=O) groups is 1. The molecule has 130 valence electrons. The van der Waals surface area contributed by atoms with Crippen molar-refractivity contribution >= 4 is 12.0 Å². The smallest absolute Gasteiger partial charge is 0.416 e. The van der Waals surface area contributed by atoms with E-state index in [1.807, 2.05) is 0 Å². The molecule has 0 saturated heterocycles.